The van der Waals surface area contributed by atoms with Crippen LogP contribution >= 0.6 is 15.9 Å². The summed E-state index contributed by atoms with van der Waals surface area (Å²) in [6.45, 7) is 2.74. The molecular weight excluding hydrogens is 575 g/mol. The lowest BCUT2D eigenvalue weighted by molar-refractivity contribution is 0.0734. The van der Waals surface area contributed by atoms with Crippen LogP contribution in [0, 0.1) is 12.7 Å². The molecule has 0 aliphatic carbocycles. The van der Waals surface area contributed by atoms with Gasteiger partial charge < -0.3 is 20.9 Å². The highest BCUT2D eigenvalue weighted by Gasteiger charge is 2.24. The summed E-state index contributed by atoms with van der Waals surface area (Å²) in [5.74, 6) is -0.776. The molecule has 7 nitrogen and oxygen atoms in total. The zero-order chi connectivity index (χ0) is 28.2. The van der Waals surface area contributed by atoms with Crippen LogP contribution in [0.4, 0.5) is 26.2 Å². The largest absolute Gasteiger partial charge is 0.334 e. The summed E-state index contributed by atoms with van der Waals surface area (Å²) >= 11 is 3.37. The predicted octanol–water partition coefficient (Wildman–Crippen LogP) is 6.99. The highest BCUT2D eigenvalue weighted by Crippen LogP contribution is 2.28. The van der Waals surface area contributed by atoms with E-state index in [1.165, 1.54) is 24.3 Å². The number of aryl methyl sites for hydroxylation is 1. The number of carbonyl (C=O) groups is 3. The number of hydrogen-bond donors (Lipinski definition) is 3. The molecule has 1 heterocycles. The summed E-state index contributed by atoms with van der Waals surface area (Å²) in [7, 11) is 0. The number of anilines is 3. The number of nitrogens with zero attached hydrogens (tertiary/aromatic N) is 1. The van der Waals surface area contributed by atoms with E-state index in [2.05, 4.69) is 31.9 Å². The Morgan fingerprint density at radius 1 is 0.825 bits per heavy atom. The van der Waals surface area contributed by atoms with Gasteiger partial charge in [-0.1, -0.05) is 34.1 Å². The average molecular weight is 601 g/mol. The zero-order valence-corrected chi connectivity index (χ0v) is 23.2. The van der Waals surface area contributed by atoms with Gasteiger partial charge in [0.05, 0.1) is 0 Å². The van der Waals surface area contributed by atoms with Crippen molar-refractivity contribution in [3.8, 4) is 0 Å². The summed E-state index contributed by atoms with van der Waals surface area (Å²) in [6.07, 6.45) is 0.563. The molecule has 202 valence electrons. The topological polar surface area (TPSA) is 90.5 Å². The number of hydrogen-bond acceptors (Lipinski definition) is 3. The Kier molecular flexibility index (Phi) is 7.93. The fraction of sp³-hybridized carbons (Fsp3) is 0.129. The lowest BCUT2D eigenvalue weighted by atomic mass is 9.97. The second kappa shape index (κ2) is 11.7. The maximum absolute atomic E-state index is 13.5. The second-order valence-corrected chi connectivity index (χ2v) is 10.4. The molecule has 3 N–H and O–H groups in total. The lowest BCUT2D eigenvalue weighted by Crippen LogP contribution is -2.36. The first-order valence-corrected chi connectivity index (χ1v) is 13.5. The van der Waals surface area contributed by atoms with Gasteiger partial charge in [0.25, 0.3) is 11.8 Å². The van der Waals surface area contributed by atoms with Crippen LogP contribution < -0.4 is 16.0 Å². The van der Waals surface area contributed by atoms with Crippen molar-refractivity contribution in [2.75, 3.05) is 22.5 Å². The highest BCUT2D eigenvalue weighted by atomic mass is 79.9. The molecule has 0 bridgehead atoms. The highest BCUT2D eigenvalue weighted by molar-refractivity contribution is 9.10. The van der Waals surface area contributed by atoms with E-state index in [1.807, 2.05) is 31.2 Å². The average Bonchev–Trinajstić information content (AvgIpc) is 2.95. The van der Waals surface area contributed by atoms with Crippen molar-refractivity contribution in [3.63, 3.8) is 0 Å². The van der Waals surface area contributed by atoms with Gasteiger partial charge in [0.1, 0.15) is 5.82 Å². The smallest absolute Gasteiger partial charge is 0.323 e. The summed E-state index contributed by atoms with van der Waals surface area (Å²) < 4.78 is 14.0. The van der Waals surface area contributed by atoms with E-state index in [-0.39, 0.29) is 17.6 Å². The molecule has 0 radical (unpaired) electrons. The molecule has 0 saturated heterocycles. The number of nitrogens with one attached hydrogen (secondary N) is 3. The van der Waals surface area contributed by atoms with Crippen LogP contribution in [0.2, 0.25) is 0 Å². The van der Waals surface area contributed by atoms with Crippen molar-refractivity contribution < 1.29 is 18.8 Å². The van der Waals surface area contributed by atoms with E-state index in [4.69, 9.17) is 0 Å². The van der Waals surface area contributed by atoms with E-state index in [1.54, 1.807) is 41.3 Å². The van der Waals surface area contributed by atoms with E-state index >= 15 is 0 Å². The molecule has 4 aromatic carbocycles. The van der Waals surface area contributed by atoms with Crippen LogP contribution in [0.3, 0.4) is 0 Å². The molecule has 0 fully saturated rings. The van der Waals surface area contributed by atoms with Crippen LogP contribution in [0.1, 0.15) is 37.4 Å². The number of fused-ring (bicyclic) bond motifs is 1. The Balaban J connectivity index is 1.27. The number of benzene rings is 4. The molecule has 0 unspecified atom stereocenters. The molecule has 0 atom stereocenters. The van der Waals surface area contributed by atoms with Gasteiger partial charge in [0, 0.05) is 45.8 Å². The molecule has 0 spiro atoms. The number of urea groups is 1. The molecule has 4 aromatic rings. The Morgan fingerprint density at radius 2 is 1.55 bits per heavy atom. The number of rotatable bonds is 5. The first kappa shape index (κ1) is 27.1. The van der Waals surface area contributed by atoms with Crippen molar-refractivity contribution in [1.29, 1.82) is 0 Å². The lowest BCUT2D eigenvalue weighted by Gasteiger charge is -2.30. The van der Waals surface area contributed by atoms with E-state index in [0.29, 0.717) is 47.7 Å². The number of amides is 4. The van der Waals surface area contributed by atoms with Gasteiger partial charge in [-0.05, 0) is 96.8 Å². The Hall–Kier alpha value is -4.50. The van der Waals surface area contributed by atoms with Crippen molar-refractivity contribution >= 4 is 50.8 Å². The van der Waals surface area contributed by atoms with E-state index in [0.717, 1.165) is 21.2 Å². The van der Waals surface area contributed by atoms with Crippen molar-refractivity contribution in [3.05, 3.63) is 123 Å². The van der Waals surface area contributed by atoms with Gasteiger partial charge in [-0.15, -0.1) is 0 Å². The zero-order valence-electron chi connectivity index (χ0n) is 21.6. The molecule has 5 rings (SSSR count). The van der Waals surface area contributed by atoms with Crippen LogP contribution in [0.25, 0.3) is 0 Å². The molecule has 4 amide bonds. The Bertz CT molecular complexity index is 1590. The van der Waals surface area contributed by atoms with E-state index < -0.39 is 6.03 Å². The van der Waals surface area contributed by atoms with Crippen LogP contribution in [0.15, 0.2) is 89.4 Å². The van der Waals surface area contributed by atoms with Crippen LogP contribution in [-0.2, 0) is 13.0 Å². The molecule has 9 heteroatoms. The third-order valence-electron chi connectivity index (χ3n) is 6.74. The minimum absolute atomic E-state index is 0.141. The second-order valence-electron chi connectivity index (χ2n) is 9.50. The molecule has 1 aliphatic rings. The summed E-state index contributed by atoms with van der Waals surface area (Å²) in [6, 6.07) is 23.0. The monoisotopic (exact) mass is 600 g/mol. The molecule has 0 aromatic heterocycles. The van der Waals surface area contributed by atoms with Crippen LogP contribution in [-0.4, -0.2) is 29.3 Å². The number of halogens is 2. The van der Waals surface area contributed by atoms with Gasteiger partial charge in [-0.2, -0.15) is 0 Å². The fourth-order valence-electron chi connectivity index (χ4n) is 4.59. The first-order chi connectivity index (χ1) is 19.3. The van der Waals surface area contributed by atoms with Gasteiger partial charge in [0.2, 0.25) is 0 Å². The summed E-state index contributed by atoms with van der Waals surface area (Å²) in [5.41, 5.74) is 5.47. The third kappa shape index (κ3) is 6.21. The third-order valence-corrected chi connectivity index (χ3v) is 7.27. The Morgan fingerprint density at radius 3 is 2.30 bits per heavy atom. The SMILES string of the molecule is Cc1ccc(C(=O)N2CCc3c(cccc3NC(=O)Nc3ccc(F)cc3)C2)cc1NC(=O)c1ccc(Br)cc1. The fourth-order valence-corrected chi connectivity index (χ4v) is 4.85. The van der Waals surface area contributed by atoms with Crippen LogP contribution in [0.5, 0.6) is 0 Å². The van der Waals surface area contributed by atoms with Crippen molar-refractivity contribution in [2.45, 2.75) is 19.9 Å². The van der Waals surface area contributed by atoms with Gasteiger partial charge in [-0.25, -0.2) is 9.18 Å². The summed E-state index contributed by atoms with van der Waals surface area (Å²) in [4.78, 5) is 40.5. The maximum atomic E-state index is 13.5. The molecular formula is C31H26BrFN4O3. The van der Waals surface area contributed by atoms with Gasteiger partial charge in [0.15, 0.2) is 0 Å². The minimum atomic E-state index is -0.434. The van der Waals surface area contributed by atoms with E-state index in [9.17, 15) is 18.8 Å². The maximum Gasteiger partial charge on any atom is 0.323 e. The molecule has 0 saturated carbocycles. The predicted molar refractivity (Wildman–Crippen MR) is 157 cm³/mol. The summed E-state index contributed by atoms with van der Waals surface area (Å²) in [5, 5.41) is 8.48. The standard InChI is InChI=1S/C31H26BrFN4O3/c1-19-5-6-21(17-28(19)35-29(38)20-7-9-23(32)10-8-20)30(39)37-16-15-26-22(18-37)3-2-4-27(26)36-31(40)34-25-13-11-24(33)12-14-25/h2-14,17H,15-16,18H2,1H3,(H,35,38)(H2,34,36,40). The quantitative estimate of drug-likeness (QED) is 0.230. The normalized spacial score (nSPS) is 12.3. The Labute approximate surface area is 239 Å². The van der Waals surface area contributed by atoms with Gasteiger partial charge in [-0.3, -0.25) is 9.59 Å². The van der Waals surface area contributed by atoms with Gasteiger partial charge >= 0.3 is 6.03 Å². The minimum Gasteiger partial charge on any atom is -0.334 e. The van der Waals surface area contributed by atoms with Crippen molar-refractivity contribution in [1.82, 2.24) is 4.90 Å². The van der Waals surface area contributed by atoms with Crippen molar-refractivity contribution in [2.24, 2.45) is 0 Å². The number of carbonyl (C=O) groups excluding carboxylic acids is 3. The molecule has 1 aliphatic heterocycles. The molecule has 40 heavy (non-hydrogen) atoms. The first-order valence-electron chi connectivity index (χ1n) is 12.7.